The average molecular weight is 451 g/mol. The van der Waals surface area contributed by atoms with Crippen LogP contribution in [-0.2, 0) is 19.6 Å². The van der Waals surface area contributed by atoms with E-state index in [2.05, 4.69) is 4.98 Å². The van der Waals surface area contributed by atoms with Crippen molar-refractivity contribution in [1.29, 1.82) is 0 Å². The van der Waals surface area contributed by atoms with Crippen LogP contribution in [0.3, 0.4) is 0 Å². The second kappa shape index (κ2) is 8.55. The monoisotopic (exact) mass is 451 g/mol. The number of nitrogens with two attached hydrogens (primary N) is 1. The number of benzene rings is 2. The molecule has 0 spiro atoms. The van der Waals surface area contributed by atoms with Crippen LogP contribution in [0, 0.1) is 4.77 Å². The van der Waals surface area contributed by atoms with E-state index in [-0.39, 0.29) is 27.8 Å². The molecule has 10 nitrogen and oxygen atoms in total. The number of hydrogen-bond donors (Lipinski definition) is 2. The second-order valence-electron chi connectivity index (χ2n) is 5.92. The minimum absolute atomic E-state index is 0.0392. The molecular weight excluding hydrogens is 434 g/mol. The number of hydrogen-bond acceptors (Lipinski definition) is 8. The molecule has 0 aliphatic heterocycles. The zero-order chi connectivity index (χ0) is 21.9. The number of aromatic nitrogens is 2. The summed E-state index contributed by atoms with van der Waals surface area (Å²) in [6, 6.07) is 8.59. The van der Waals surface area contributed by atoms with Gasteiger partial charge < -0.3 is 24.9 Å². The Balaban J connectivity index is 2.13. The lowest BCUT2D eigenvalue weighted by Crippen LogP contribution is -2.20. The summed E-state index contributed by atoms with van der Waals surface area (Å²) in [5.74, 6) is -0.273. The maximum atomic E-state index is 13.3. The van der Waals surface area contributed by atoms with Crippen molar-refractivity contribution in [2.75, 3.05) is 20.3 Å². The number of carbonyl (C=O) groups excluding carboxylic acids is 2. The van der Waals surface area contributed by atoms with Gasteiger partial charge in [-0.3, -0.25) is 9.59 Å². The highest BCUT2D eigenvalue weighted by atomic mass is 32.2. The number of nitrogens with one attached hydrogen (secondary N) is 1. The molecule has 1 aromatic heterocycles. The minimum atomic E-state index is -4.16. The predicted molar refractivity (Wildman–Crippen MR) is 109 cm³/mol. The Bertz CT molecular complexity index is 1280. The maximum absolute atomic E-state index is 13.3. The second-order valence-corrected chi connectivity index (χ2v) is 8.10. The van der Waals surface area contributed by atoms with E-state index in [0.29, 0.717) is 23.1 Å². The highest BCUT2D eigenvalue weighted by molar-refractivity contribution is 7.90. The first-order valence-corrected chi connectivity index (χ1v) is 10.3. The molecule has 3 rings (SSSR count). The first-order chi connectivity index (χ1) is 14.3. The topological polar surface area (TPSA) is 143 Å². The van der Waals surface area contributed by atoms with Gasteiger partial charge in [0.2, 0.25) is 0 Å². The summed E-state index contributed by atoms with van der Waals surface area (Å²) in [5, 5.41) is 0. The number of fused-ring (bicyclic) bond motifs is 1. The maximum Gasteiger partial charge on any atom is 0.270 e. The Morgan fingerprint density at radius 1 is 1.20 bits per heavy atom. The summed E-state index contributed by atoms with van der Waals surface area (Å²) in [4.78, 5) is 24.3. The van der Waals surface area contributed by atoms with E-state index in [0.717, 1.165) is 3.97 Å². The smallest absolute Gasteiger partial charge is 0.270 e. The van der Waals surface area contributed by atoms with E-state index in [1.54, 1.807) is 12.1 Å². The molecule has 1 heterocycles. The molecule has 0 saturated heterocycles. The quantitative estimate of drug-likeness (QED) is 0.367. The van der Waals surface area contributed by atoms with Gasteiger partial charge in [0.15, 0.2) is 29.2 Å². The Morgan fingerprint density at radius 3 is 2.63 bits per heavy atom. The highest BCUT2D eigenvalue weighted by Gasteiger charge is 2.23. The van der Waals surface area contributed by atoms with Crippen molar-refractivity contribution in [1.82, 2.24) is 8.96 Å². The number of primary amides is 1. The third-order valence-electron chi connectivity index (χ3n) is 3.98. The number of carbonyl (C=O) groups is 2. The van der Waals surface area contributed by atoms with Crippen LogP contribution in [0.5, 0.6) is 17.2 Å². The fourth-order valence-corrected chi connectivity index (χ4v) is 4.57. The van der Waals surface area contributed by atoms with Crippen LogP contribution in [0.1, 0.15) is 0 Å². The first kappa shape index (κ1) is 21.3. The molecule has 30 heavy (non-hydrogen) atoms. The van der Waals surface area contributed by atoms with E-state index in [9.17, 15) is 18.0 Å². The van der Waals surface area contributed by atoms with E-state index < -0.39 is 22.5 Å². The number of imidazole rings is 1. The van der Waals surface area contributed by atoms with Gasteiger partial charge in [-0.25, -0.2) is 12.4 Å². The van der Waals surface area contributed by atoms with Gasteiger partial charge in [0.05, 0.1) is 23.0 Å². The van der Waals surface area contributed by atoms with Crippen LogP contribution in [-0.4, -0.2) is 49.9 Å². The number of aldehydes is 1. The van der Waals surface area contributed by atoms with E-state index in [4.69, 9.17) is 32.2 Å². The van der Waals surface area contributed by atoms with Crippen LogP contribution < -0.4 is 19.9 Å². The molecule has 0 saturated carbocycles. The van der Waals surface area contributed by atoms with Gasteiger partial charge in [-0.1, -0.05) is 0 Å². The molecular formula is C18H17N3O7S2. The molecule has 12 heteroatoms. The lowest BCUT2D eigenvalue weighted by Gasteiger charge is -2.13. The molecule has 1 amide bonds. The van der Waals surface area contributed by atoms with Crippen molar-refractivity contribution >= 4 is 45.5 Å². The fourth-order valence-electron chi connectivity index (χ4n) is 2.69. The molecule has 0 bridgehead atoms. The van der Waals surface area contributed by atoms with Crippen molar-refractivity contribution in [3.63, 3.8) is 0 Å². The number of aromatic amines is 1. The van der Waals surface area contributed by atoms with E-state index in [1.807, 2.05) is 0 Å². The SMILES string of the molecule is COc1ccc2[nH]c(=S)n(S(=O)(=O)c3ccc(OCC(N)=O)c(OCC=O)c3)c2c1. The third kappa shape index (κ3) is 4.14. The lowest BCUT2D eigenvalue weighted by atomic mass is 10.3. The van der Waals surface area contributed by atoms with Gasteiger partial charge in [0.25, 0.3) is 15.9 Å². The van der Waals surface area contributed by atoms with E-state index >= 15 is 0 Å². The number of methoxy groups -OCH3 is 1. The largest absolute Gasteiger partial charge is 0.497 e. The molecule has 158 valence electrons. The third-order valence-corrected chi connectivity index (χ3v) is 6.09. The molecule has 3 aromatic rings. The number of amides is 1. The summed E-state index contributed by atoms with van der Waals surface area (Å²) < 4.78 is 43.2. The Labute approximate surface area is 176 Å². The lowest BCUT2D eigenvalue weighted by molar-refractivity contribution is -0.120. The van der Waals surface area contributed by atoms with Crippen LogP contribution >= 0.6 is 12.2 Å². The predicted octanol–water partition coefficient (Wildman–Crippen LogP) is 1.39. The van der Waals surface area contributed by atoms with Crippen molar-refractivity contribution in [2.24, 2.45) is 5.73 Å². The summed E-state index contributed by atoms with van der Waals surface area (Å²) in [7, 11) is -2.70. The number of rotatable bonds is 9. The molecule has 0 atom stereocenters. The van der Waals surface area contributed by atoms with Gasteiger partial charge in [-0.2, -0.15) is 0 Å². The van der Waals surface area contributed by atoms with Crippen LogP contribution in [0.15, 0.2) is 41.3 Å². The number of ether oxygens (including phenoxy) is 3. The van der Waals surface area contributed by atoms with Gasteiger partial charge in [-0.15, -0.1) is 0 Å². The van der Waals surface area contributed by atoms with Gasteiger partial charge >= 0.3 is 0 Å². The van der Waals surface area contributed by atoms with Crippen molar-refractivity contribution in [3.05, 3.63) is 41.2 Å². The summed E-state index contributed by atoms with van der Waals surface area (Å²) in [5.41, 5.74) is 5.86. The first-order valence-electron chi connectivity index (χ1n) is 8.44. The molecule has 0 unspecified atom stereocenters. The van der Waals surface area contributed by atoms with Crippen molar-refractivity contribution in [3.8, 4) is 17.2 Å². The van der Waals surface area contributed by atoms with Crippen LogP contribution in [0.4, 0.5) is 0 Å². The molecule has 2 aromatic carbocycles. The molecule has 0 aliphatic rings. The molecule has 0 fully saturated rings. The van der Waals surface area contributed by atoms with Gasteiger partial charge in [-0.05, 0) is 36.5 Å². The number of nitrogens with zero attached hydrogens (tertiary/aromatic N) is 1. The Hall–Kier alpha value is -3.38. The summed E-state index contributed by atoms with van der Waals surface area (Å²) in [6.07, 6.45) is 0.487. The fraction of sp³-hybridized carbons (Fsp3) is 0.167. The van der Waals surface area contributed by atoms with Crippen molar-refractivity contribution < 1.29 is 32.2 Å². The normalized spacial score (nSPS) is 11.2. The summed E-state index contributed by atoms with van der Waals surface area (Å²) in [6.45, 7) is -0.795. The van der Waals surface area contributed by atoms with Gasteiger partial charge in [0, 0.05) is 12.1 Å². The van der Waals surface area contributed by atoms with Gasteiger partial charge in [0.1, 0.15) is 12.4 Å². The zero-order valence-electron chi connectivity index (χ0n) is 15.7. The van der Waals surface area contributed by atoms with E-state index in [1.165, 1.54) is 31.4 Å². The molecule has 0 radical (unpaired) electrons. The molecule has 3 N–H and O–H groups in total. The Morgan fingerprint density at radius 2 is 1.97 bits per heavy atom. The summed E-state index contributed by atoms with van der Waals surface area (Å²) >= 11 is 5.21. The average Bonchev–Trinajstić information content (AvgIpc) is 3.06. The van der Waals surface area contributed by atoms with Crippen LogP contribution in [0.2, 0.25) is 0 Å². The standard InChI is InChI=1S/C18H17N3O7S2/c1-26-11-2-4-13-14(8-11)21(18(29)20-13)30(24,25)12-3-5-15(28-10-17(19)23)16(9-12)27-7-6-22/h2-6,8-9H,7,10H2,1H3,(H2,19,23)(H,20,29). The van der Waals surface area contributed by atoms with Crippen LogP contribution in [0.25, 0.3) is 11.0 Å². The zero-order valence-corrected chi connectivity index (χ0v) is 17.3. The minimum Gasteiger partial charge on any atom is -0.497 e. The Kier molecular flexibility index (Phi) is 6.08. The molecule has 0 aliphatic carbocycles. The van der Waals surface area contributed by atoms with Crippen molar-refractivity contribution in [2.45, 2.75) is 4.90 Å². The highest BCUT2D eigenvalue weighted by Crippen LogP contribution is 2.32. The number of H-pyrrole nitrogens is 1.